The summed E-state index contributed by atoms with van der Waals surface area (Å²) < 4.78 is 48.7. The quantitative estimate of drug-likeness (QED) is 0.905. The Morgan fingerprint density at radius 2 is 1.86 bits per heavy atom. The van der Waals surface area contributed by atoms with Crippen LogP contribution in [0.3, 0.4) is 0 Å². The van der Waals surface area contributed by atoms with Crippen molar-refractivity contribution >= 4 is 0 Å². The van der Waals surface area contributed by atoms with Crippen molar-refractivity contribution in [2.24, 2.45) is 0 Å². The van der Waals surface area contributed by atoms with E-state index in [-0.39, 0.29) is 25.9 Å². The molecule has 2 rings (SSSR count). The molecule has 0 spiro atoms. The Kier molecular flexibility index (Phi) is 5.18. The number of rotatable bonds is 5. The summed E-state index contributed by atoms with van der Waals surface area (Å²) in [7, 11) is 1.56. The Bertz CT molecular complexity index is 485. The number of hydrogen-bond acceptors (Lipinski definition) is 4. The second-order valence-electron chi connectivity index (χ2n) is 5.40. The lowest BCUT2D eigenvalue weighted by atomic mass is 9.91. The second kappa shape index (κ2) is 6.75. The molecule has 7 heteroatoms. The predicted molar refractivity (Wildman–Crippen MR) is 75.2 cm³/mol. The van der Waals surface area contributed by atoms with Gasteiger partial charge >= 0.3 is 6.18 Å². The second-order valence-corrected chi connectivity index (χ2v) is 5.40. The highest BCUT2D eigenvalue weighted by Crippen LogP contribution is 2.38. The maximum absolute atomic E-state index is 12.7. The molecule has 0 bridgehead atoms. The van der Waals surface area contributed by atoms with E-state index in [0.717, 1.165) is 0 Å². The van der Waals surface area contributed by atoms with Gasteiger partial charge in [-0.3, -0.25) is 4.90 Å². The van der Waals surface area contributed by atoms with E-state index in [1.807, 2.05) is 4.90 Å². The summed E-state index contributed by atoms with van der Waals surface area (Å²) in [6.45, 7) is 1.30. The minimum absolute atomic E-state index is 0.206. The SMILES string of the molecule is COc1cccc(OCCN2CCC(O)(C(F)(F)F)CC2)c1. The third-order valence-corrected chi connectivity index (χ3v) is 3.93. The summed E-state index contributed by atoms with van der Waals surface area (Å²) >= 11 is 0. The van der Waals surface area contributed by atoms with Crippen LogP contribution in [0.4, 0.5) is 13.2 Å². The molecule has 1 aliphatic heterocycles. The molecule has 4 nitrogen and oxygen atoms in total. The van der Waals surface area contributed by atoms with Crippen LogP contribution >= 0.6 is 0 Å². The Morgan fingerprint density at radius 3 is 2.45 bits per heavy atom. The molecule has 0 aliphatic carbocycles. The molecule has 0 saturated carbocycles. The Morgan fingerprint density at radius 1 is 1.23 bits per heavy atom. The molecule has 1 aromatic rings. The van der Waals surface area contributed by atoms with Crippen molar-refractivity contribution in [3.8, 4) is 11.5 Å². The zero-order valence-electron chi connectivity index (χ0n) is 12.4. The van der Waals surface area contributed by atoms with Crippen LogP contribution in [0.25, 0.3) is 0 Å². The van der Waals surface area contributed by atoms with Crippen molar-refractivity contribution in [2.45, 2.75) is 24.6 Å². The van der Waals surface area contributed by atoms with Crippen molar-refractivity contribution in [1.29, 1.82) is 0 Å². The number of methoxy groups -OCH3 is 1. The minimum Gasteiger partial charge on any atom is -0.497 e. The van der Waals surface area contributed by atoms with Crippen LogP contribution in [-0.2, 0) is 0 Å². The number of hydrogen-bond donors (Lipinski definition) is 1. The number of nitrogens with zero attached hydrogens (tertiary/aromatic N) is 1. The fraction of sp³-hybridized carbons (Fsp3) is 0.600. The highest BCUT2D eigenvalue weighted by atomic mass is 19.4. The number of piperidine rings is 1. The summed E-state index contributed by atoms with van der Waals surface area (Å²) in [5.41, 5.74) is -2.54. The molecule has 1 fully saturated rings. The van der Waals surface area contributed by atoms with Gasteiger partial charge in [0.1, 0.15) is 18.1 Å². The number of halogens is 3. The standard InChI is InChI=1S/C15H20F3NO3/c1-21-12-3-2-4-13(11-12)22-10-9-19-7-5-14(20,6-8-19)15(16,17)18/h2-4,11,20H,5-10H2,1H3. The van der Waals surface area contributed by atoms with Crippen LogP contribution in [0.2, 0.25) is 0 Å². The Balaban J connectivity index is 1.75. The monoisotopic (exact) mass is 319 g/mol. The maximum atomic E-state index is 12.7. The van der Waals surface area contributed by atoms with E-state index in [1.54, 1.807) is 31.4 Å². The average molecular weight is 319 g/mol. The molecule has 22 heavy (non-hydrogen) atoms. The van der Waals surface area contributed by atoms with E-state index >= 15 is 0 Å². The molecule has 0 amide bonds. The molecule has 1 heterocycles. The summed E-state index contributed by atoms with van der Waals surface area (Å²) in [6.07, 6.45) is -5.15. The van der Waals surface area contributed by atoms with Crippen molar-refractivity contribution < 1.29 is 27.8 Å². The van der Waals surface area contributed by atoms with Crippen LogP contribution in [0.1, 0.15) is 12.8 Å². The molecule has 0 aromatic heterocycles. The molecule has 1 aromatic carbocycles. The van der Waals surface area contributed by atoms with Gasteiger partial charge in [-0.15, -0.1) is 0 Å². The Labute approximate surface area is 127 Å². The van der Waals surface area contributed by atoms with Crippen LogP contribution in [0, 0.1) is 0 Å². The van der Waals surface area contributed by atoms with E-state index in [9.17, 15) is 18.3 Å². The first-order chi connectivity index (χ1) is 10.3. The van der Waals surface area contributed by atoms with Crippen molar-refractivity contribution in [3.05, 3.63) is 24.3 Å². The third kappa shape index (κ3) is 4.04. The summed E-state index contributed by atoms with van der Waals surface area (Å²) in [5.74, 6) is 1.34. The van der Waals surface area contributed by atoms with Crippen LogP contribution in [-0.4, -0.2) is 55.1 Å². The van der Waals surface area contributed by atoms with Gasteiger partial charge in [-0.25, -0.2) is 0 Å². The van der Waals surface area contributed by atoms with Crippen LogP contribution < -0.4 is 9.47 Å². The first kappa shape index (κ1) is 16.9. The molecule has 1 saturated heterocycles. The topological polar surface area (TPSA) is 41.9 Å². The normalized spacial score (nSPS) is 19.0. The van der Waals surface area contributed by atoms with Gasteiger partial charge < -0.3 is 14.6 Å². The third-order valence-electron chi connectivity index (χ3n) is 3.93. The average Bonchev–Trinajstić information content (AvgIpc) is 2.48. The highest BCUT2D eigenvalue weighted by molar-refractivity contribution is 5.32. The minimum atomic E-state index is -4.56. The summed E-state index contributed by atoms with van der Waals surface area (Å²) in [5, 5.41) is 9.59. The van der Waals surface area contributed by atoms with Crippen molar-refractivity contribution in [3.63, 3.8) is 0 Å². The fourth-order valence-electron chi connectivity index (χ4n) is 2.41. The lowest BCUT2D eigenvalue weighted by Crippen LogP contribution is -2.53. The number of benzene rings is 1. The summed E-state index contributed by atoms with van der Waals surface area (Å²) in [4.78, 5) is 1.86. The largest absolute Gasteiger partial charge is 0.497 e. The van der Waals surface area contributed by atoms with E-state index in [1.165, 1.54) is 0 Å². The van der Waals surface area contributed by atoms with Crippen LogP contribution in [0.15, 0.2) is 24.3 Å². The molecule has 0 atom stereocenters. The zero-order valence-corrected chi connectivity index (χ0v) is 12.4. The number of alkyl halides is 3. The van der Waals surface area contributed by atoms with E-state index < -0.39 is 11.8 Å². The van der Waals surface area contributed by atoms with Gasteiger partial charge in [0.2, 0.25) is 0 Å². The van der Waals surface area contributed by atoms with Gasteiger partial charge in [0.25, 0.3) is 0 Å². The zero-order chi connectivity index (χ0) is 16.2. The van der Waals surface area contributed by atoms with Gasteiger partial charge in [-0.1, -0.05) is 6.07 Å². The van der Waals surface area contributed by atoms with Crippen molar-refractivity contribution in [1.82, 2.24) is 4.90 Å². The Hall–Kier alpha value is -1.47. The molecule has 124 valence electrons. The molecule has 1 aliphatic rings. The summed E-state index contributed by atoms with van der Waals surface area (Å²) in [6, 6.07) is 7.15. The molecular formula is C15H20F3NO3. The smallest absolute Gasteiger partial charge is 0.417 e. The van der Waals surface area contributed by atoms with E-state index in [2.05, 4.69) is 0 Å². The lowest BCUT2D eigenvalue weighted by Gasteiger charge is -2.39. The number of aliphatic hydroxyl groups is 1. The first-order valence-electron chi connectivity index (χ1n) is 7.12. The molecule has 1 N–H and O–H groups in total. The van der Waals surface area contributed by atoms with Crippen LogP contribution in [0.5, 0.6) is 11.5 Å². The van der Waals surface area contributed by atoms with Gasteiger partial charge in [-0.2, -0.15) is 13.2 Å². The van der Waals surface area contributed by atoms with Gasteiger partial charge in [0, 0.05) is 25.7 Å². The maximum Gasteiger partial charge on any atom is 0.417 e. The predicted octanol–water partition coefficient (Wildman–Crippen LogP) is 2.46. The molecule has 0 unspecified atom stereocenters. The fourth-order valence-corrected chi connectivity index (χ4v) is 2.41. The highest BCUT2D eigenvalue weighted by Gasteiger charge is 2.54. The number of ether oxygens (including phenoxy) is 2. The van der Waals surface area contributed by atoms with Gasteiger partial charge in [0.15, 0.2) is 5.60 Å². The van der Waals surface area contributed by atoms with E-state index in [4.69, 9.17) is 9.47 Å². The molecular weight excluding hydrogens is 299 g/mol. The van der Waals surface area contributed by atoms with Gasteiger partial charge in [-0.05, 0) is 25.0 Å². The first-order valence-corrected chi connectivity index (χ1v) is 7.12. The van der Waals surface area contributed by atoms with Crippen molar-refractivity contribution in [2.75, 3.05) is 33.4 Å². The van der Waals surface area contributed by atoms with E-state index in [0.29, 0.717) is 24.7 Å². The number of likely N-dealkylation sites (tertiary alicyclic amines) is 1. The lowest BCUT2D eigenvalue weighted by molar-refractivity contribution is -0.272. The van der Waals surface area contributed by atoms with Gasteiger partial charge in [0.05, 0.1) is 7.11 Å². The molecule has 0 radical (unpaired) electrons.